The minimum absolute atomic E-state index is 0.217. The van der Waals surface area contributed by atoms with Crippen LogP contribution in [0.5, 0.6) is 5.75 Å². The van der Waals surface area contributed by atoms with Gasteiger partial charge >= 0.3 is 0 Å². The first-order chi connectivity index (χ1) is 11.2. The number of aryl methyl sites for hydroxylation is 1. The SMILES string of the molecule is CCCOc1ccccc1-c1nc2c(CCC)n[nH]c2c(=O)[nH]1. The number of para-hydroxylation sites is 1. The van der Waals surface area contributed by atoms with Crippen LogP contribution in [0, 0.1) is 0 Å². The van der Waals surface area contributed by atoms with Crippen LogP contribution in [0.2, 0.25) is 0 Å². The molecule has 0 radical (unpaired) electrons. The second-order valence-corrected chi connectivity index (χ2v) is 5.40. The first-order valence-electron chi connectivity index (χ1n) is 7.94. The third-order valence-electron chi connectivity index (χ3n) is 3.59. The molecular weight excluding hydrogens is 292 g/mol. The molecule has 0 amide bonds. The van der Waals surface area contributed by atoms with E-state index in [0.29, 0.717) is 23.5 Å². The molecule has 0 aliphatic heterocycles. The van der Waals surface area contributed by atoms with E-state index in [1.54, 1.807) is 0 Å². The third kappa shape index (κ3) is 2.97. The monoisotopic (exact) mass is 312 g/mol. The van der Waals surface area contributed by atoms with Crippen molar-refractivity contribution in [3.63, 3.8) is 0 Å². The van der Waals surface area contributed by atoms with Crippen molar-refractivity contribution < 1.29 is 4.74 Å². The Morgan fingerprint density at radius 1 is 1.17 bits per heavy atom. The summed E-state index contributed by atoms with van der Waals surface area (Å²) in [5.41, 5.74) is 2.44. The van der Waals surface area contributed by atoms with Crippen LogP contribution in [0.4, 0.5) is 0 Å². The lowest BCUT2D eigenvalue weighted by molar-refractivity contribution is 0.318. The summed E-state index contributed by atoms with van der Waals surface area (Å²) in [4.78, 5) is 19.8. The molecule has 2 heterocycles. The van der Waals surface area contributed by atoms with Crippen molar-refractivity contribution in [3.8, 4) is 17.1 Å². The molecule has 0 aliphatic rings. The van der Waals surface area contributed by atoms with Gasteiger partial charge in [0.15, 0.2) is 0 Å². The topological polar surface area (TPSA) is 83.7 Å². The normalized spacial score (nSPS) is 11.0. The number of nitrogens with zero attached hydrogens (tertiary/aromatic N) is 2. The molecule has 0 fully saturated rings. The molecule has 1 aromatic carbocycles. The summed E-state index contributed by atoms with van der Waals surface area (Å²) in [5.74, 6) is 1.23. The van der Waals surface area contributed by atoms with E-state index in [4.69, 9.17) is 4.74 Å². The van der Waals surface area contributed by atoms with Crippen molar-refractivity contribution in [2.75, 3.05) is 6.61 Å². The van der Waals surface area contributed by atoms with Gasteiger partial charge in [-0.2, -0.15) is 5.10 Å². The smallest absolute Gasteiger partial charge is 0.277 e. The highest BCUT2D eigenvalue weighted by molar-refractivity contribution is 5.79. The van der Waals surface area contributed by atoms with E-state index >= 15 is 0 Å². The molecule has 2 aromatic heterocycles. The molecule has 0 atom stereocenters. The first-order valence-corrected chi connectivity index (χ1v) is 7.94. The highest BCUT2D eigenvalue weighted by atomic mass is 16.5. The van der Waals surface area contributed by atoms with Crippen LogP contribution in [0.3, 0.4) is 0 Å². The van der Waals surface area contributed by atoms with E-state index in [2.05, 4.69) is 34.0 Å². The predicted molar refractivity (Wildman–Crippen MR) is 89.7 cm³/mol. The summed E-state index contributed by atoms with van der Waals surface area (Å²) in [7, 11) is 0. The quantitative estimate of drug-likeness (QED) is 0.732. The maximum absolute atomic E-state index is 12.3. The second-order valence-electron chi connectivity index (χ2n) is 5.40. The Morgan fingerprint density at radius 2 is 2.00 bits per heavy atom. The lowest BCUT2D eigenvalue weighted by Crippen LogP contribution is -2.10. The van der Waals surface area contributed by atoms with Gasteiger partial charge in [-0.1, -0.05) is 32.4 Å². The third-order valence-corrected chi connectivity index (χ3v) is 3.59. The molecule has 0 saturated heterocycles. The van der Waals surface area contributed by atoms with Crippen LogP contribution in [0.25, 0.3) is 22.4 Å². The largest absolute Gasteiger partial charge is 0.493 e. The van der Waals surface area contributed by atoms with Gasteiger partial charge in [0.25, 0.3) is 5.56 Å². The summed E-state index contributed by atoms with van der Waals surface area (Å²) < 4.78 is 5.77. The van der Waals surface area contributed by atoms with Crippen molar-refractivity contribution >= 4 is 11.0 Å². The van der Waals surface area contributed by atoms with E-state index in [-0.39, 0.29) is 5.56 Å². The standard InChI is InChI=1S/C17H20N4O2/c1-3-7-12-14-15(21-20-12)17(22)19-16(18-14)11-8-5-6-9-13(11)23-10-4-2/h5-6,8-9H,3-4,7,10H2,1-2H3,(H,20,21)(H,18,19,22). The fraction of sp³-hybridized carbons (Fsp3) is 0.353. The van der Waals surface area contributed by atoms with Crippen LogP contribution in [0.1, 0.15) is 32.4 Å². The number of ether oxygens (including phenoxy) is 1. The molecule has 3 aromatic rings. The van der Waals surface area contributed by atoms with Crippen molar-refractivity contribution in [1.29, 1.82) is 0 Å². The van der Waals surface area contributed by atoms with Crippen LogP contribution in [0.15, 0.2) is 29.1 Å². The maximum atomic E-state index is 12.3. The van der Waals surface area contributed by atoms with Gasteiger partial charge in [0, 0.05) is 0 Å². The highest BCUT2D eigenvalue weighted by Gasteiger charge is 2.14. The highest BCUT2D eigenvalue weighted by Crippen LogP contribution is 2.27. The molecule has 0 spiro atoms. The van der Waals surface area contributed by atoms with Gasteiger partial charge in [0.1, 0.15) is 22.6 Å². The Bertz CT molecular complexity index is 866. The van der Waals surface area contributed by atoms with Gasteiger partial charge in [-0.15, -0.1) is 0 Å². The second kappa shape index (κ2) is 6.64. The number of nitrogens with one attached hydrogen (secondary N) is 2. The van der Waals surface area contributed by atoms with E-state index in [9.17, 15) is 4.79 Å². The fourth-order valence-electron chi connectivity index (χ4n) is 2.50. The average molecular weight is 312 g/mol. The number of aromatic amines is 2. The zero-order valence-electron chi connectivity index (χ0n) is 13.3. The fourth-order valence-corrected chi connectivity index (χ4v) is 2.50. The zero-order chi connectivity index (χ0) is 16.2. The van der Waals surface area contributed by atoms with Crippen molar-refractivity contribution in [2.45, 2.75) is 33.1 Å². The lowest BCUT2D eigenvalue weighted by atomic mass is 10.1. The summed E-state index contributed by atoms with van der Waals surface area (Å²) in [6.45, 7) is 4.75. The molecule has 6 nitrogen and oxygen atoms in total. The number of benzene rings is 1. The predicted octanol–water partition coefficient (Wildman–Crippen LogP) is 3.05. The van der Waals surface area contributed by atoms with Crippen LogP contribution < -0.4 is 10.3 Å². The number of hydrogen-bond donors (Lipinski definition) is 2. The van der Waals surface area contributed by atoms with Gasteiger partial charge in [-0.25, -0.2) is 4.98 Å². The molecule has 0 saturated carbocycles. The number of hydrogen-bond acceptors (Lipinski definition) is 4. The summed E-state index contributed by atoms with van der Waals surface area (Å²) in [5, 5.41) is 7.00. The molecule has 2 N–H and O–H groups in total. The van der Waals surface area contributed by atoms with Crippen LogP contribution in [-0.4, -0.2) is 26.8 Å². The molecule has 6 heteroatoms. The summed E-state index contributed by atoms with van der Waals surface area (Å²) in [6.07, 6.45) is 2.64. The van der Waals surface area contributed by atoms with Crippen LogP contribution >= 0.6 is 0 Å². The molecule has 3 rings (SSSR count). The number of H-pyrrole nitrogens is 2. The molecule has 23 heavy (non-hydrogen) atoms. The Kier molecular flexibility index (Phi) is 4.41. The number of fused-ring (bicyclic) bond motifs is 1. The van der Waals surface area contributed by atoms with Crippen LogP contribution in [-0.2, 0) is 6.42 Å². The molecule has 0 bridgehead atoms. The number of aromatic nitrogens is 4. The molecular formula is C17H20N4O2. The van der Waals surface area contributed by atoms with Crippen molar-refractivity contribution in [3.05, 3.63) is 40.3 Å². The lowest BCUT2D eigenvalue weighted by Gasteiger charge is -2.10. The zero-order valence-corrected chi connectivity index (χ0v) is 13.3. The van der Waals surface area contributed by atoms with Gasteiger partial charge < -0.3 is 9.72 Å². The van der Waals surface area contributed by atoms with Gasteiger partial charge in [0.05, 0.1) is 17.9 Å². The van der Waals surface area contributed by atoms with E-state index in [1.165, 1.54) is 0 Å². The average Bonchev–Trinajstić information content (AvgIpc) is 2.97. The molecule has 120 valence electrons. The van der Waals surface area contributed by atoms with Gasteiger partial charge in [-0.3, -0.25) is 9.89 Å². The Balaban J connectivity index is 2.13. The van der Waals surface area contributed by atoms with Crippen molar-refractivity contribution in [2.24, 2.45) is 0 Å². The van der Waals surface area contributed by atoms with E-state index in [1.807, 2.05) is 24.3 Å². The summed E-state index contributed by atoms with van der Waals surface area (Å²) in [6, 6.07) is 7.60. The van der Waals surface area contributed by atoms with Crippen molar-refractivity contribution in [1.82, 2.24) is 20.2 Å². The summed E-state index contributed by atoms with van der Waals surface area (Å²) >= 11 is 0. The van der Waals surface area contributed by atoms with Gasteiger partial charge in [0.2, 0.25) is 0 Å². The maximum Gasteiger partial charge on any atom is 0.277 e. The Hall–Kier alpha value is -2.63. The van der Waals surface area contributed by atoms with Gasteiger partial charge in [-0.05, 0) is 25.0 Å². The van der Waals surface area contributed by atoms with E-state index < -0.39 is 0 Å². The van der Waals surface area contributed by atoms with E-state index in [0.717, 1.165) is 36.3 Å². The number of rotatable bonds is 6. The first kappa shape index (κ1) is 15.3. The minimum Gasteiger partial charge on any atom is -0.493 e. The molecule has 0 unspecified atom stereocenters. The Morgan fingerprint density at radius 3 is 2.78 bits per heavy atom. The molecule has 0 aliphatic carbocycles. The minimum atomic E-state index is -0.217. The Labute approximate surface area is 133 Å².